The number of aldehydes is 1. The highest BCUT2D eigenvalue weighted by atomic mass is 35.5. The maximum Gasteiger partial charge on any atom is 0.169 e. The quantitative estimate of drug-likeness (QED) is 0.439. The van der Waals surface area contributed by atoms with Crippen molar-refractivity contribution in [3.05, 3.63) is 70.5 Å². The zero-order valence-electron chi connectivity index (χ0n) is 14.8. The summed E-state index contributed by atoms with van der Waals surface area (Å²) >= 11 is 7.19. The molecule has 0 amide bonds. The fourth-order valence-corrected chi connectivity index (χ4v) is 3.72. The van der Waals surface area contributed by atoms with Gasteiger partial charge in [0, 0.05) is 16.9 Å². The van der Waals surface area contributed by atoms with Crippen molar-refractivity contribution in [1.29, 1.82) is 0 Å². The Morgan fingerprint density at radius 2 is 2.07 bits per heavy atom. The van der Waals surface area contributed by atoms with Gasteiger partial charge in [-0.15, -0.1) is 0 Å². The fourth-order valence-electron chi connectivity index (χ4n) is 3.01. The topological polar surface area (TPSA) is 60.9 Å². The number of nitrogens with two attached hydrogens (primary N) is 1. The molecule has 3 rings (SSSR count). The van der Waals surface area contributed by atoms with E-state index in [1.54, 1.807) is 10.6 Å². The van der Waals surface area contributed by atoms with Crippen LogP contribution in [-0.4, -0.2) is 15.8 Å². The van der Waals surface area contributed by atoms with E-state index >= 15 is 0 Å². The van der Waals surface area contributed by atoms with E-state index in [0.29, 0.717) is 24.1 Å². The van der Waals surface area contributed by atoms with Crippen molar-refractivity contribution in [3.8, 4) is 11.1 Å². The van der Waals surface area contributed by atoms with Gasteiger partial charge in [0.1, 0.15) is 17.3 Å². The van der Waals surface area contributed by atoms with Crippen LogP contribution in [0.25, 0.3) is 11.1 Å². The zero-order valence-corrected chi connectivity index (χ0v) is 16.4. The van der Waals surface area contributed by atoms with Gasteiger partial charge in [0.15, 0.2) is 11.4 Å². The van der Waals surface area contributed by atoms with Crippen molar-refractivity contribution in [3.63, 3.8) is 0 Å². The molecule has 0 saturated carbocycles. The second kappa shape index (κ2) is 8.69. The Bertz CT molecular complexity index is 974. The number of carbonyl (C=O) groups is 1. The number of aryl methyl sites for hydroxylation is 1. The van der Waals surface area contributed by atoms with Gasteiger partial charge in [0.05, 0.1) is 6.54 Å². The van der Waals surface area contributed by atoms with Crippen LogP contribution >= 0.6 is 23.5 Å². The molecule has 4 nitrogen and oxygen atoms in total. The van der Waals surface area contributed by atoms with Crippen LogP contribution in [0.2, 0.25) is 5.15 Å². The lowest BCUT2D eigenvalue weighted by Gasteiger charge is -2.12. The summed E-state index contributed by atoms with van der Waals surface area (Å²) in [6, 6.07) is 12.6. The molecule has 0 radical (unpaired) electrons. The molecule has 0 atom stereocenters. The second-order valence-electron chi connectivity index (χ2n) is 6.08. The molecular formula is C20H19ClFN3OS. The molecule has 7 heteroatoms. The Balaban J connectivity index is 1.97. The van der Waals surface area contributed by atoms with Gasteiger partial charge in [-0.05, 0) is 41.6 Å². The molecular weight excluding hydrogens is 385 g/mol. The molecule has 0 saturated heterocycles. The van der Waals surface area contributed by atoms with Crippen LogP contribution in [0, 0.1) is 5.82 Å². The molecule has 140 valence electrons. The summed E-state index contributed by atoms with van der Waals surface area (Å²) in [5.41, 5.74) is 2.36. The standard InChI is InChI=1S/C20H19ClFN3OS/c1-2-5-19-24-20(21)17(12-26)25(19)11-14-9-8-13(10-16(14)22)15-6-3-4-7-18(15)27-23/h3-4,6-10,12H,2,5,11,23H2,1H3. The molecule has 0 bridgehead atoms. The van der Waals surface area contributed by atoms with E-state index in [-0.39, 0.29) is 23.2 Å². The summed E-state index contributed by atoms with van der Waals surface area (Å²) in [6.45, 7) is 2.21. The first kappa shape index (κ1) is 19.6. The van der Waals surface area contributed by atoms with E-state index < -0.39 is 0 Å². The number of hydrogen-bond acceptors (Lipinski definition) is 4. The predicted octanol–water partition coefficient (Wildman–Crippen LogP) is 5.12. The van der Waals surface area contributed by atoms with Crippen LogP contribution in [0.3, 0.4) is 0 Å². The van der Waals surface area contributed by atoms with Crippen molar-refractivity contribution in [2.24, 2.45) is 5.14 Å². The Labute approximate surface area is 166 Å². The summed E-state index contributed by atoms with van der Waals surface area (Å²) in [5.74, 6) is 0.325. The minimum absolute atomic E-state index is 0.152. The van der Waals surface area contributed by atoms with E-state index in [9.17, 15) is 9.18 Å². The highest BCUT2D eigenvalue weighted by Crippen LogP contribution is 2.30. The monoisotopic (exact) mass is 403 g/mol. The first-order valence-corrected chi connectivity index (χ1v) is 9.79. The van der Waals surface area contributed by atoms with Gasteiger partial charge in [-0.25, -0.2) is 9.37 Å². The smallest absolute Gasteiger partial charge is 0.169 e. The molecule has 0 fully saturated rings. The van der Waals surface area contributed by atoms with Crippen molar-refractivity contribution >= 4 is 29.8 Å². The van der Waals surface area contributed by atoms with Gasteiger partial charge in [-0.1, -0.05) is 48.9 Å². The minimum Gasteiger partial charge on any atom is -0.320 e. The lowest BCUT2D eigenvalue weighted by atomic mass is 10.0. The molecule has 3 aromatic rings. The minimum atomic E-state index is -0.353. The van der Waals surface area contributed by atoms with Gasteiger partial charge in [-0.2, -0.15) is 0 Å². The summed E-state index contributed by atoms with van der Waals surface area (Å²) < 4.78 is 16.5. The molecule has 0 aliphatic carbocycles. The second-order valence-corrected chi connectivity index (χ2v) is 7.11. The number of carbonyl (C=O) groups excluding carboxylic acids is 1. The van der Waals surface area contributed by atoms with Gasteiger partial charge >= 0.3 is 0 Å². The van der Waals surface area contributed by atoms with Crippen LogP contribution in [-0.2, 0) is 13.0 Å². The van der Waals surface area contributed by atoms with Crippen LogP contribution in [0.1, 0.15) is 35.2 Å². The highest BCUT2D eigenvalue weighted by molar-refractivity contribution is 7.97. The van der Waals surface area contributed by atoms with Gasteiger partial charge in [0.25, 0.3) is 0 Å². The summed E-state index contributed by atoms with van der Waals surface area (Å²) in [5, 5.41) is 5.86. The molecule has 0 unspecified atom stereocenters. The molecule has 1 heterocycles. The van der Waals surface area contributed by atoms with E-state index in [0.717, 1.165) is 34.4 Å². The molecule has 2 N–H and O–H groups in total. The summed E-state index contributed by atoms with van der Waals surface area (Å²) in [4.78, 5) is 16.5. The van der Waals surface area contributed by atoms with Crippen LogP contribution in [0.4, 0.5) is 4.39 Å². The van der Waals surface area contributed by atoms with Crippen molar-refractivity contribution in [2.75, 3.05) is 0 Å². The largest absolute Gasteiger partial charge is 0.320 e. The zero-order chi connectivity index (χ0) is 19.4. The third-order valence-corrected chi connectivity index (χ3v) is 5.22. The maximum absolute atomic E-state index is 14.8. The molecule has 0 aliphatic heterocycles. The Morgan fingerprint density at radius 1 is 1.30 bits per heavy atom. The third-order valence-electron chi connectivity index (χ3n) is 4.33. The lowest BCUT2D eigenvalue weighted by molar-refractivity contribution is 0.111. The number of hydrogen-bond donors (Lipinski definition) is 1. The maximum atomic E-state index is 14.8. The van der Waals surface area contributed by atoms with Crippen LogP contribution < -0.4 is 5.14 Å². The predicted molar refractivity (Wildman–Crippen MR) is 108 cm³/mol. The molecule has 0 spiro atoms. The third kappa shape index (κ3) is 4.08. The highest BCUT2D eigenvalue weighted by Gasteiger charge is 2.17. The summed E-state index contributed by atoms with van der Waals surface area (Å²) in [7, 11) is 0. The Hall–Kier alpha value is -2.15. The van der Waals surface area contributed by atoms with E-state index in [2.05, 4.69) is 4.98 Å². The fraction of sp³-hybridized carbons (Fsp3) is 0.200. The van der Waals surface area contributed by atoms with E-state index in [1.165, 1.54) is 6.07 Å². The first-order chi connectivity index (χ1) is 13.1. The van der Waals surface area contributed by atoms with Crippen molar-refractivity contribution in [2.45, 2.75) is 31.2 Å². The van der Waals surface area contributed by atoms with E-state index in [4.69, 9.17) is 16.7 Å². The average Bonchev–Trinajstić information content (AvgIpc) is 2.97. The molecule has 27 heavy (non-hydrogen) atoms. The number of imidazole rings is 1. The van der Waals surface area contributed by atoms with Gasteiger partial charge < -0.3 is 4.57 Å². The van der Waals surface area contributed by atoms with Gasteiger partial charge in [0.2, 0.25) is 0 Å². The normalized spacial score (nSPS) is 11.0. The average molecular weight is 404 g/mol. The molecule has 1 aromatic heterocycles. The van der Waals surface area contributed by atoms with Crippen LogP contribution in [0.5, 0.6) is 0 Å². The number of aromatic nitrogens is 2. The summed E-state index contributed by atoms with van der Waals surface area (Å²) in [6.07, 6.45) is 2.17. The SMILES string of the molecule is CCCc1nc(Cl)c(C=O)n1Cc1ccc(-c2ccccc2SN)cc1F. The lowest BCUT2D eigenvalue weighted by Crippen LogP contribution is -2.10. The molecule has 2 aromatic carbocycles. The number of nitrogens with zero attached hydrogens (tertiary/aromatic N) is 2. The van der Waals surface area contributed by atoms with Gasteiger partial charge in [-0.3, -0.25) is 9.93 Å². The number of rotatable bonds is 7. The number of benzene rings is 2. The Morgan fingerprint density at radius 3 is 2.74 bits per heavy atom. The van der Waals surface area contributed by atoms with E-state index in [1.807, 2.05) is 37.3 Å². The Kier molecular flexibility index (Phi) is 6.31. The molecule has 0 aliphatic rings. The van der Waals surface area contributed by atoms with Crippen molar-refractivity contribution in [1.82, 2.24) is 9.55 Å². The van der Waals surface area contributed by atoms with Crippen molar-refractivity contribution < 1.29 is 9.18 Å². The first-order valence-electron chi connectivity index (χ1n) is 8.53. The van der Waals surface area contributed by atoms with Crippen LogP contribution in [0.15, 0.2) is 47.4 Å². The number of halogens is 2.